The molecule has 0 unspecified atom stereocenters. The number of nitrogens with zero attached hydrogens (tertiary/aromatic N) is 4. The molecule has 4 aromatic rings. The summed E-state index contributed by atoms with van der Waals surface area (Å²) < 4.78 is 1.67. The number of benzene rings is 3. The minimum Gasteiger partial charge on any atom is -0.324 e. The van der Waals surface area contributed by atoms with E-state index >= 15 is 0 Å². The molecule has 5 rings (SSSR count). The number of halogens is 1. The van der Waals surface area contributed by atoms with E-state index in [0.29, 0.717) is 11.0 Å². The number of hydrogen-bond donors (Lipinski definition) is 2. The van der Waals surface area contributed by atoms with Gasteiger partial charge >= 0.3 is 0 Å². The fourth-order valence-corrected chi connectivity index (χ4v) is 3.79. The normalized spacial score (nSPS) is 14.5. The zero-order chi connectivity index (χ0) is 23.7. The van der Waals surface area contributed by atoms with Crippen molar-refractivity contribution in [3.63, 3.8) is 0 Å². The van der Waals surface area contributed by atoms with Crippen molar-refractivity contribution in [3.8, 4) is 0 Å². The van der Waals surface area contributed by atoms with E-state index in [0.717, 1.165) is 16.8 Å². The monoisotopic (exact) mass is 472 g/mol. The Morgan fingerprint density at radius 1 is 1.06 bits per heavy atom. The molecule has 0 fully saturated rings. The predicted molar refractivity (Wildman–Crippen MR) is 129 cm³/mol. The molecule has 0 bridgehead atoms. The molecule has 0 spiro atoms. The fraction of sp³-hybridized carbons (Fsp3) is 0.0417. The van der Waals surface area contributed by atoms with E-state index in [1.807, 2.05) is 48.5 Å². The second-order valence-corrected chi connectivity index (χ2v) is 7.97. The number of nitrogens with one attached hydrogen (secondary N) is 2. The van der Waals surface area contributed by atoms with Gasteiger partial charge in [0.1, 0.15) is 6.04 Å². The summed E-state index contributed by atoms with van der Waals surface area (Å²) in [5.41, 5.74) is 2.70. The first-order chi connectivity index (χ1) is 16.5. The summed E-state index contributed by atoms with van der Waals surface area (Å²) in [6.07, 6.45) is 2.02. The van der Waals surface area contributed by atoms with Crippen LogP contribution in [-0.2, 0) is 0 Å². The average molecular weight is 473 g/mol. The van der Waals surface area contributed by atoms with Gasteiger partial charge in [0, 0.05) is 28.4 Å². The molecule has 0 saturated heterocycles. The van der Waals surface area contributed by atoms with Crippen LogP contribution in [0.2, 0.25) is 5.02 Å². The second-order valence-electron chi connectivity index (χ2n) is 7.53. The number of nitro groups is 1. The minimum atomic E-state index is -0.554. The lowest BCUT2D eigenvalue weighted by Gasteiger charge is -2.24. The molecule has 0 saturated carbocycles. The molecule has 34 heavy (non-hydrogen) atoms. The zero-order valence-electron chi connectivity index (χ0n) is 17.6. The SMILES string of the molecule is O=C(Nc1nc2n(n1)[C@@H](c1ccc(Cl)cc1)C=C(c1ccccc1)N2)c1cccc([N+](=O)[O-])c1. The van der Waals surface area contributed by atoms with Gasteiger partial charge in [0.2, 0.25) is 5.95 Å². The van der Waals surface area contributed by atoms with E-state index in [4.69, 9.17) is 11.6 Å². The lowest BCUT2D eigenvalue weighted by Crippen LogP contribution is -2.20. The van der Waals surface area contributed by atoms with E-state index in [-0.39, 0.29) is 23.2 Å². The highest BCUT2D eigenvalue weighted by Crippen LogP contribution is 2.33. The third-order valence-electron chi connectivity index (χ3n) is 5.31. The predicted octanol–water partition coefficient (Wildman–Crippen LogP) is 5.15. The third kappa shape index (κ3) is 4.24. The maximum absolute atomic E-state index is 12.7. The van der Waals surface area contributed by atoms with Crippen LogP contribution in [0.4, 0.5) is 17.6 Å². The molecule has 168 valence electrons. The highest BCUT2D eigenvalue weighted by Gasteiger charge is 2.26. The van der Waals surface area contributed by atoms with Crippen molar-refractivity contribution in [2.75, 3.05) is 10.6 Å². The summed E-state index contributed by atoms with van der Waals surface area (Å²) in [6, 6.07) is 22.4. The first-order valence-electron chi connectivity index (χ1n) is 10.3. The number of amides is 1. The lowest BCUT2D eigenvalue weighted by atomic mass is 10.0. The van der Waals surface area contributed by atoms with Crippen LogP contribution >= 0.6 is 11.6 Å². The molecule has 1 aliphatic rings. The van der Waals surface area contributed by atoms with Crippen molar-refractivity contribution in [2.24, 2.45) is 0 Å². The summed E-state index contributed by atoms with van der Waals surface area (Å²) in [4.78, 5) is 27.6. The molecule has 1 aliphatic heterocycles. The number of rotatable bonds is 5. The Hall–Kier alpha value is -4.50. The Morgan fingerprint density at radius 2 is 1.82 bits per heavy atom. The van der Waals surface area contributed by atoms with E-state index in [1.165, 1.54) is 24.3 Å². The van der Waals surface area contributed by atoms with Crippen molar-refractivity contribution in [2.45, 2.75) is 6.04 Å². The number of hydrogen-bond acceptors (Lipinski definition) is 6. The van der Waals surface area contributed by atoms with Crippen molar-refractivity contribution in [1.29, 1.82) is 0 Å². The number of non-ortho nitro benzene ring substituents is 1. The largest absolute Gasteiger partial charge is 0.324 e. The van der Waals surface area contributed by atoms with Gasteiger partial charge in [0.25, 0.3) is 17.5 Å². The van der Waals surface area contributed by atoms with Gasteiger partial charge in [-0.1, -0.05) is 60.1 Å². The number of anilines is 2. The van der Waals surface area contributed by atoms with Crippen LogP contribution < -0.4 is 10.6 Å². The van der Waals surface area contributed by atoms with Gasteiger partial charge in [0.15, 0.2) is 0 Å². The summed E-state index contributed by atoms with van der Waals surface area (Å²) in [5.74, 6) is -0.0396. The number of allylic oxidation sites excluding steroid dienone is 1. The van der Waals surface area contributed by atoms with Gasteiger partial charge in [0.05, 0.1) is 4.92 Å². The maximum atomic E-state index is 12.7. The van der Waals surface area contributed by atoms with Gasteiger partial charge in [-0.05, 0) is 35.4 Å². The maximum Gasteiger partial charge on any atom is 0.270 e. The molecule has 1 amide bonds. The van der Waals surface area contributed by atoms with Crippen LogP contribution in [0, 0.1) is 10.1 Å². The minimum absolute atomic E-state index is 0.0701. The summed E-state index contributed by atoms with van der Waals surface area (Å²) in [5, 5.41) is 22.0. The van der Waals surface area contributed by atoms with Gasteiger partial charge in [-0.3, -0.25) is 20.2 Å². The van der Waals surface area contributed by atoms with E-state index < -0.39 is 10.8 Å². The zero-order valence-corrected chi connectivity index (χ0v) is 18.3. The molecule has 1 atom stereocenters. The van der Waals surface area contributed by atoms with Crippen LogP contribution in [0.3, 0.4) is 0 Å². The van der Waals surface area contributed by atoms with E-state index in [9.17, 15) is 14.9 Å². The Balaban J connectivity index is 1.49. The Labute approximate surface area is 198 Å². The number of fused-ring (bicyclic) bond motifs is 1. The fourth-order valence-electron chi connectivity index (χ4n) is 3.66. The summed E-state index contributed by atoms with van der Waals surface area (Å²) in [6.45, 7) is 0. The van der Waals surface area contributed by atoms with Crippen molar-refractivity contribution in [3.05, 3.63) is 117 Å². The molecular formula is C24H17ClN6O3. The average Bonchev–Trinajstić information content (AvgIpc) is 3.27. The van der Waals surface area contributed by atoms with Crippen LogP contribution in [0.15, 0.2) is 84.9 Å². The van der Waals surface area contributed by atoms with Crippen LogP contribution in [0.1, 0.15) is 27.5 Å². The van der Waals surface area contributed by atoms with Crippen molar-refractivity contribution >= 4 is 40.8 Å². The molecular weight excluding hydrogens is 456 g/mol. The molecule has 0 aliphatic carbocycles. The number of nitro benzene ring substituents is 1. The van der Waals surface area contributed by atoms with E-state index in [2.05, 4.69) is 20.7 Å². The molecule has 10 heteroatoms. The second kappa shape index (κ2) is 8.80. The first kappa shape index (κ1) is 21.4. The Bertz CT molecular complexity index is 1420. The van der Waals surface area contributed by atoms with Crippen molar-refractivity contribution < 1.29 is 9.72 Å². The Kier molecular flexibility index (Phi) is 5.52. The van der Waals surface area contributed by atoms with Crippen molar-refractivity contribution in [1.82, 2.24) is 14.8 Å². The standard InChI is InChI=1S/C24H17ClN6O3/c25-18-11-9-16(10-12-18)21-14-20(15-5-2-1-3-6-15)26-24-28-23(29-30(21)24)27-22(32)17-7-4-8-19(13-17)31(33)34/h1-14,21H,(H2,26,27,28,29,32)/t21-/m1/s1. The number of carbonyl (C=O) groups is 1. The quantitative estimate of drug-likeness (QED) is 0.306. The molecule has 1 aromatic heterocycles. The molecule has 9 nitrogen and oxygen atoms in total. The smallest absolute Gasteiger partial charge is 0.270 e. The molecule has 0 radical (unpaired) electrons. The molecule has 3 aromatic carbocycles. The lowest BCUT2D eigenvalue weighted by molar-refractivity contribution is -0.384. The first-order valence-corrected chi connectivity index (χ1v) is 10.7. The molecule has 2 heterocycles. The van der Waals surface area contributed by atoms with Gasteiger partial charge in [-0.25, -0.2) is 4.68 Å². The molecule has 2 N–H and O–H groups in total. The summed E-state index contributed by atoms with van der Waals surface area (Å²) in [7, 11) is 0. The van der Waals surface area contributed by atoms with Crippen LogP contribution in [0.25, 0.3) is 5.70 Å². The summed E-state index contributed by atoms with van der Waals surface area (Å²) >= 11 is 6.07. The van der Waals surface area contributed by atoms with E-state index in [1.54, 1.807) is 16.8 Å². The van der Waals surface area contributed by atoms with Crippen LogP contribution in [-0.4, -0.2) is 25.6 Å². The number of aromatic nitrogens is 3. The van der Waals surface area contributed by atoms with Crippen LogP contribution in [0.5, 0.6) is 0 Å². The number of carbonyl (C=O) groups excluding carboxylic acids is 1. The topological polar surface area (TPSA) is 115 Å². The van der Waals surface area contributed by atoms with Gasteiger partial charge in [-0.15, -0.1) is 5.10 Å². The third-order valence-corrected chi connectivity index (χ3v) is 5.56. The Morgan fingerprint density at radius 3 is 2.56 bits per heavy atom. The van der Waals surface area contributed by atoms with Gasteiger partial charge in [-0.2, -0.15) is 4.98 Å². The highest BCUT2D eigenvalue weighted by atomic mass is 35.5. The van der Waals surface area contributed by atoms with Gasteiger partial charge < -0.3 is 5.32 Å². The highest BCUT2D eigenvalue weighted by molar-refractivity contribution is 6.30.